The van der Waals surface area contributed by atoms with Crippen LogP contribution < -0.4 is 24.3 Å². The van der Waals surface area contributed by atoms with Crippen LogP contribution in [-0.4, -0.2) is 78.5 Å². The lowest BCUT2D eigenvalue weighted by Gasteiger charge is -2.41. The number of carbonyl (C=O) groups excluding carboxylic acids is 3. The van der Waals surface area contributed by atoms with E-state index in [1.165, 1.54) is 19.3 Å². The first-order chi connectivity index (χ1) is 21.3. The van der Waals surface area contributed by atoms with Crippen molar-refractivity contribution in [2.75, 3.05) is 27.1 Å². The summed E-state index contributed by atoms with van der Waals surface area (Å²) in [6.45, 7) is 3.79. The summed E-state index contributed by atoms with van der Waals surface area (Å²) in [6, 6.07) is 7.72. The molecule has 0 saturated heterocycles. The van der Waals surface area contributed by atoms with E-state index in [1.54, 1.807) is 29.2 Å². The molecule has 2 aromatic rings. The number of allylic oxidation sites excluding steroid dienone is 1. The van der Waals surface area contributed by atoms with Gasteiger partial charge in [0.2, 0.25) is 18.6 Å². The molecule has 1 aliphatic carbocycles. The van der Waals surface area contributed by atoms with Crippen LogP contribution in [-0.2, 0) is 16.1 Å². The molecule has 0 unspecified atom stereocenters. The van der Waals surface area contributed by atoms with E-state index >= 15 is 0 Å². The van der Waals surface area contributed by atoms with E-state index in [9.17, 15) is 24.6 Å². The lowest BCUT2D eigenvalue weighted by atomic mass is 9.87. The van der Waals surface area contributed by atoms with E-state index in [0.29, 0.717) is 38.9 Å². The largest absolute Gasteiger partial charge is 0.493 e. The Labute approximate surface area is 269 Å². The van der Waals surface area contributed by atoms with Gasteiger partial charge in [0, 0.05) is 37.1 Å². The molecule has 0 spiro atoms. The predicted octanol–water partition coefficient (Wildman–Crippen LogP) is 3.53. The molecule has 0 fully saturated rings. The number of aldehydes is 1. The molecule has 1 aliphatic heterocycles. The van der Waals surface area contributed by atoms with Gasteiger partial charge in [0.15, 0.2) is 23.0 Å². The molecule has 2 aromatic carbocycles. The van der Waals surface area contributed by atoms with Crippen molar-refractivity contribution >= 4 is 40.7 Å². The molecule has 0 saturated carbocycles. The number of aliphatic hydroxyl groups excluding tert-OH is 2. The van der Waals surface area contributed by atoms with Crippen molar-refractivity contribution in [1.82, 2.24) is 10.2 Å². The van der Waals surface area contributed by atoms with Gasteiger partial charge in [-0.15, -0.1) is 6.58 Å². The summed E-state index contributed by atoms with van der Waals surface area (Å²) >= 11 is 2.01. The number of nitrogens with zero attached hydrogens (tertiary/aromatic N) is 1. The molecule has 2 aliphatic rings. The van der Waals surface area contributed by atoms with Gasteiger partial charge in [-0.2, -0.15) is 0 Å². The molecule has 4 rings (SSSR count). The molecule has 11 nitrogen and oxygen atoms in total. The molecule has 0 radical (unpaired) electrons. The van der Waals surface area contributed by atoms with E-state index in [1.807, 2.05) is 28.7 Å². The first-order valence-electron chi connectivity index (χ1n) is 14.4. The smallest absolute Gasteiger partial charge is 0.247 e. The number of benzene rings is 2. The molecule has 3 N–H and O–H groups in total. The fraction of sp³-hybridized carbons (Fsp3) is 0.406. The lowest BCUT2D eigenvalue weighted by molar-refractivity contribution is -0.139. The van der Waals surface area contributed by atoms with Crippen LogP contribution in [0.25, 0.3) is 0 Å². The Morgan fingerprint density at radius 2 is 2.00 bits per heavy atom. The summed E-state index contributed by atoms with van der Waals surface area (Å²) in [5.41, 5.74) is 1.45. The molecule has 1 heterocycles. The fourth-order valence-electron chi connectivity index (χ4n) is 5.17. The van der Waals surface area contributed by atoms with E-state index in [4.69, 9.17) is 18.9 Å². The highest BCUT2D eigenvalue weighted by atomic mass is 127. The maximum absolute atomic E-state index is 13.8. The second-order valence-corrected chi connectivity index (χ2v) is 11.6. The zero-order valence-corrected chi connectivity index (χ0v) is 26.7. The number of ether oxygens (including phenoxy) is 4. The zero-order chi connectivity index (χ0) is 31.6. The van der Waals surface area contributed by atoms with Gasteiger partial charge in [0.1, 0.15) is 18.5 Å². The van der Waals surface area contributed by atoms with Crippen molar-refractivity contribution in [3.63, 3.8) is 0 Å². The van der Waals surface area contributed by atoms with Gasteiger partial charge in [-0.3, -0.25) is 14.4 Å². The summed E-state index contributed by atoms with van der Waals surface area (Å²) in [5, 5.41) is 23.7. The quantitative estimate of drug-likeness (QED) is 0.109. The van der Waals surface area contributed by atoms with Crippen LogP contribution >= 0.6 is 22.6 Å². The summed E-state index contributed by atoms with van der Waals surface area (Å²) in [7, 11) is 1.44. The molecule has 0 aromatic heterocycles. The Morgan fingerprint density at radius 3 is 2.73 bits per heavy atom. The molecule has 0 bridgehead atoms. The highest BCUT2D eigenvalue weighted by molar-refractivity contribution is 14.1. The van der Waals surface area contributed by atoms with Gasteiger partial charge < -0.3 is 39.4 Å². The van der Waals surface area contributed by atoms with E-state index in [0.717, 1.165) is 18.4 Å². The Balaban J connectivity index is 1.70. The monoisotopic (exact) mass is 720 g/mol. The van der Waals surface area contributed by atoms with Gasteiger partial charge >= 0.3 is 0 Å². The van der Waals surface area contributed by atoms with Crippen molar-refractivity contribution in [2.45, 2.75) is 56.9 Å². The third-order valence-corrected chi connectivity index (χ3v) is 8.22. The second-order valence-electron chi connectivity index (χ2n) is 10.4. The normalized spacial score (nSPS) is 18.6. The number of carbonyl (C=O) groups is 3. The summed E-state index contributed by atoms with van der Waals surface area (Å²) in [4.78, 5) is 40.0. The first kappa shape index (κ1) is 33.3. The maximum Gasteiger partial charge on any atom is 0.247 e. The van der Waals surface area contributed by atoms with Gasteiger partial charge in [-0.25, -0.2) is 0 Å². The highest BCUT2D eigenvalue weighted by Gasteiger charge is 2.41. The van der Waals surface area contributed by atoms with Crippen LogP contribution in [0.2, 0.25) is 0 Å². The Hall–Kier alpha value is -3.62. The average Bonchev–Trinajstić information content (AvgIpc) is 3.50. The van der Waals surface area contributed by atoms with Crippen molar-refractivity contribution in [1.29, 1.82) is 0 Å². The molecule has 3 atom stereocenters. The molecule has 236 valence electrons. The molecule has 2 amide bonds. The van der Waals surface area contributed by atoms with Gasteiger partial charge in [0.05, 0.1) is 23.3 Å². The fourth-order valence-corrected chi connectivity index (χ4v) is 5.93. The highest BCUT2D eigenvalue weighted by Crippen LogP contribution is 2.38. The minimum absolute atomic E-state index is 0.0386. The Morgan fingerprint density at radius 1 is 1.20 bits per heavy atom. The summed E-state index contributed by atoms with van der Waals surface area (Å²) < 4.78 is 23.3. The molecule has 12 heteroatoms. The standard InChI is InChI=1S/C32H37IN2O9/c1-3-4-5-6-7-29(38)35(17-20-8-9-25-26(13-20)43-19-42-25)24-15-22(32(40)34-10-11-36)16-27(30(24)39)44-31-23(33)12-21(18-37)14-28(31)41-2/h3,8-9,12-14,16,18,24,27,30,36,39H,1,4-7,10-11,15,17,19H2,2H3,(H,34,40)/t24-,27+,30+/m1/s1. The van der Waals surface area contributed by atoms with Gasteiger partial charge in [-0.05, 0) is 77.8 Å². The number of hydrogen-bond donors (Lipinski definition) is 3. The van der Waals surface area contributed by atoms with E-state index in [-0.39, 0.29) is 56.7 Å². The van der Waals surface area contributed by atoms with Crippen LogP contribution in [0.4, 0.5) is 0 Å². The lowest BCUT2D eigenvalue weighted by Crippen LogP contribution is -2.54. The SMILES string of the molecule is C=CCCCCC(=O)N(Cc1ccc2c(c1)OCO2)[C@@H]1CC(C(=O)NCCO)=C[C@H](Oc2c(I)cc(C=O)cc2OC)[C@H]1O. The number of amides is 2. The Bertz CT molecular complexity index is 1400. The first-order valence-corrected chi connectivity index (χ1v) is 15.4. The number of halogens is 1. The minimum atomic E-state index is -1.23. The molecular weight excluding hydrogens is 683 g/mol. The van der Waals surface area contributed by atoms with Crippen LogP contribution in [0.3, 0.4) is 0 Å². The topological polar surface area (TPSA) is 144 Å². The summed E-state index contributed by atoms with van der Waals surface area (Å²) in [5.74, 6) is 1.11. The minimum Gasteiger partial charge on any atom is -0.493 e. The van der Waals surface area contributed by atoms with Crippen LogP contribution in [0.1, 0.15) is 48.0 Å². The van der Waals surface area contributed by atoms with Gasteiger partial charge in [0.25, 0.3) is 0 Å². The number of nitrogens with one attached hydrogen (secondary N) is 1. The maximum atomic E-state index is 13.8. The van der Waals surface area contributed by atoms with Crippen LogP contribution in [0.5, 0.6) is 23.0 Å². The van der Waals surface area contributed by atoms with Crippen molar-refractivity contribution in [3.05, 3.63) is 69.3 Å². The van der Waals surface area contributed by atoms with Crippen molar-refractivity contribution < 1.29 is 43.5 Å². The number of aliphatic hydroxyl groups is 2. The third kappa shape index (κ3) is 8.10. The Kier molecular flexibility index (Phi) is 12.0. The van der Waals surface area contributed by atoms with E-state index < -0.39 is 24.2 Å². The molecule has 44 heavy (non-hydrogen) atoms. The number of rotatable bonds is 15. The summed E-state index contributed by atoms with van der Waals surface area (Å²) in [6.07, 6.45) is 4.23. The van der Waals surface area contributed by atoms with Crippen molar-refractivity contribution in [3.8, 4) is 23.0 Å². The number of unbranched alkanes of at least 4 members (excludes halogenated alkanes) is 2. The van der Waals surface area contributed by atoms with Crippen molar-refractivity contribution in [2.24, 2.45) is 0 Å². The second kappa shape index (κ2) is 15.9. The van der Waals surface area contributed by atoms with Crippen LogP contribution in [0, 0.1) is 3.57 Å². The average molecular weight is 721 g/mol. The number of methoxy groups -OCH3 is 1. The van der Waals surface area contributed by atoms with E-state index in [2.05, 4.69) is 11.9 Å². The zero-order valence-electron chi connectivity index (χ0n) is 24.5. The van der Waals surface area contributed by atoms with Crippen LogP contribution in [0.15, 0.2) is 54.6 Å². The number of hydrogen-bond acceptors (Lipinski definition) is 9. The number of fused-ring (bicyclic) bond motifs is 1. The third-order valence-electron chi connectivity index (χ3n) is 7.42. The predicted molar refractivity (Wildman–Crippen MR) is 170 cm³/mol. The molecular formula is C32H37IN2O9. The van der Waals surface area contributed by atoms with Gasteiger partial charge in [-0.1, -0.05) is 12.1 Å².